The predicted molar refractivity (Wildman–Crippen MR) is 75.0 cm³/mol. The van der Waals surface area contributed by atoms with Crippen LogP contribution >= 0.6 is 0 Å². The minimum absolute atomic E-state index is 0.0388. The summed E-state index contributed by atoms with van der Waals surface area (Å²) in [5.74, 6) is 1.05. The molecular weight excluding hydrogens is 260 g/mol. The van der Waals surface area contributed by atoms with Crippen LogP contribution < -0.4 is 10.1 Å². The molecule has 1 heterocycles. The van der Waals surface area contributed by atoms with Crippen molar-refractivity contribution in [1.29, 1.82) is 0 Å². The molecule has 20 heavy (non-hydrogen) atoms. The summed E-state index contributed by atoms with van der Waals surface area (Å²) in [6.07, 6.45) is 1.61. The molecule has 0 amide bonds. The van der Waals surface area contributed by atoms with Crippen molar-refractivity contribution in [2.45, 2.75) is 19.9 Å². The maximum atomic E-state index is 10.9. The molecule has 0 aliphatic rings. The van der Waals surface area contributed by atoms with Gasteiger partial charge in [0.1, 0.15) is 5.76 Å². The molecule has 2 aromatic rings. The summed E-state index contributed by atoms with van der Waals surface area (Å²) in [5, 5.41) is 14.1. The first-order valence-electron chi connectivity index (χ1n) is 6.33. The number of nitrogens with one attached hydrogen (secondary N) is 1. The highest BCUT2D eigenvalue weighted by molar-refractivity contribution is 5.58. The number of nitro groups is 1. The van der Waals surface area contributed by atoms with Crippen LogP contribution in [0.3, 0.4) is 0 Å². The van der Waals surface area contributed by atoms with E-state index in [1.807, 2.05) is 19.1 Å². The average Bonchev–Trinajstić information content (AvgIpc) is 2.93. The number of ether oxygens (including phenoxy) is 1. The largest absolute Gasteiger partial charge is 0.487 e. The molecule has 0 saturated carbocycles. The quantitative estimate of drug-likeness (QED) is 0.642. The Morgan fingerprint density at radius 3 is 2.85 bits per heavy atom. The summed E-state index contributed by atoms with van der Waals surface area (Å²) in [6.45, 7) is 4.11. The third-order valence-corrected chi connectivity index (χ3v) is 2.81. The van der Waals surface area contributed by atoms with E-state index < -0.39 is 4.92 Å². The minimum atomic E-state index is -0.454. The second-order valence-electron chi connectivity index (χ2n) is 4.25. The van der Waals surface area contributed by atoms with Crippen molar-refractivity contribution in [2.24, 2.45) is 0 Å². The fourth-order valence-electron chi connectivity index (χ4n) is 1.88. The molecule has 0 aliphatic carbocycles. The Balaban J connectivity index is 2.20. The lowest BCUT2D eigenvalue weighted by Gasteiger charge is -2.14. The molecule has 0 fully saturated rings. The van der Waals surface area contributed by atoms with Crippen molar-refractivity contribution < 1.29 is 14.1 Å². The average molecular weight is 276 g/mol. The number of hydrogen-bond donors (Lipinski definition) is 1. The first-order chi connectivity index (χ1) is 9.61. The van der Waals surface area contributed by atoms with Crippen molar-refractivity contribution in [1.82, 2.24) is 0 Å². The SMILES string of the molecule is CCOc1cc(NC(C)c2ccco2)ccc1[N+](=O)[O-]. The van der Waals surface area contributed by atoms with Crippen LogP contribution in [0.5, 0.6) is 5.75 Å². The highest BCUT2D eigenvalue weighted by Crippen LogP contribution is 2.31. The van der Waals surface area contributed by atoms with Crippen molar-refractivity contribution >= 4 is 11.4 Å². The summed E-state index contributed by atoms with van der Waals surface area (Å²) in [5.41, 5.74) is 0.700. The van der Waals surface area contributed by atoms with Gasteiger partial charge >= 0.3 is 5.69 Å². The monoisotopic (exact) mass is 276 g/mol. The number of nitrogens with zero attached hydrogens (tertiary/aromatic N) is 1. The molecule has 6 heteroatoms. The van der Waals surface area contributed by atoms with Gasteiger partial charge in [0.25, 0.3) is 0 Å². The van der Waals surface area contributed by atoms with E-state index in [4.69, 9.17) is 9.15 Å². The van der Waals surface area contributed by atoms with E-state index in [1.54, 1.807) is 25.3 Å². The molecule has 0 spiro atoms. The lowest BCUT2D eigenvalue weighted by atomic mass is 10.2. The highest BCUT2D eigenvalue weighted by Gasteiger charge is 2.16. The number of anilines is 1. The van der Waals surface area contributed by atoms with E-state index in [-0.39, 0.29) is 17.5 Å². The summed E-state index contributed by atoms with van der Waals surface area (Å²) in [6, 6.07) is 8.35. The Hall–Kier alpha value is -2.50. The fourth-order valence-corrected chi connectivity index (χ4v) is 1.88. The number of furan rings is 1. The summed E-state index contributed by atoms with van der Waals surface area (Å²) >= 11 is 0. The molecule has 0 radical (unpaired) electrons. The van der Waals surface area contributed by atoms with Gasteiger partial charge in [-0.15, -0.1) is 0 Å². The first kappa shape index (κ1) is 13.9. The standard InChI is InChI=1S/C14H16N2O4/c1-3-19-14-9-11(6-7-12(14)16(17)18)15-10(2)13-5-4-8-20-13/h4-10,15H,3H2,1-2H3. The predicted octanol–water partition coefficient (Wildman–Crippen LogP) is 3.76. The zero-order valence-electron chi connectivity index (χ0n) is 11.3. The van der Waals surface area contributed by atoms with Gasteiger partial charge in [-0.1, -0.05) is 0 Å². The Kier molecular flexibility index (Phi) is 4.24. The van der Waals surface area contributed by atoms with Crippen LogP contribution in [0.15, 0.2) is 41.0 Å². The van der Waals surface area contributed by atoms with Gasteiger partial charge in [-0.3, -0.25) is 10.1 Å². The molecule has 2 rings (SSSR count). The van der Waals surface area contributed by atoms with Gasteiger partial charge in [-0.05, 0) is 32.0 Å². The maximum absolute atomic E-state index is 10.9. The Bertz CT molecular complexity index is 581. The molecule has 1 aromatic heterocycles. The van der Waals surface area contributed by atoms with Crippen LogP contribution in [-0.2, 0) is 0 Å². The van der Waals surface area contributed by atoms with Crippen LogP contribution in [0.2, 0.25) is 0 Å². The second-order valence-corrected chi connectivity index (χ2v) is 4.25. The molecule has 0 aliphatic heterocycles. The first-order valence-corrected chi connectivity index (χ1v) is 6.33. The van der Waals surface area contributed by atoms with Gasteiger partial charge in [0, 0.05) is 17.8 Å². The molecule has 0 saturated heterocycles. The van der Waals surface area contributed by atoms with E-state index in [0.29, 0.717) is 6.61 Å². The number of benzene rings is 1. The molecule has 1 unspecified atom stereocenters. The van der Waals surface area contributed by atoms with Crippen LogP contribution in [0, 0.1) is 10.1 Å². The minimum Gasteiger partial charge on any atom is -0.487 e. The van der Waals surface area contributed by atoms with Gasteiger partial charge in [0.2, 0.25) is 0 Å². The molecule has 1 N–H and O–H groups in total. The van der Waals surface area contributed by atoms with Gasteiger partial charge in [-0.25, -0.2) is 0 Å². The number of nitro benzene ring substituents is 1. The van der Waals surface area contributed by atoms with E-state index >= 15 is 0 Å². The Morgan fingerprint density at radius 2 is 2.25 bits per heavy atom. The van der Waals surface area contributed by atoms with E-state index in [2.05, 4.69) is 5.32 Å². The Labute approximate surface area is 116 Å². The van der Waals surface area contributed by atoms with Gasteiger partial charge < -0.3 is 14.5 Å². The molecule has 106 valence electrons. The third-order valence-electron chi connectivity index (χ3n) is 2.81. The van der Waals surface area contributed by atoms with E-state index in [0.717, 1.165) is 11.4 Å². The zero-order valence-corrected chi connectivity index (χ0v) is 11.3. The third kappa shape index (κ3) is 3.09. The number of hydrogen-bond acceptors (Lipinski definition) is 5. The summed E-state index contributed by atoms with van der Waals surface area (Å²) < 4.78 is 10.6. The van der Waals surface area contributed by atoms with Crippen molar-refractivity contribution in [2.75, 3.05) is 11.9 Å². The van der Waals surface area contributed by atoms with Crippen LogP contribution in [0.4, 0.5) is 11.4 Å². The smallest absolute Gasteiger partial charge is 0.311 e. The fraction of sp³-hybridized carbons (Fsp3) is 0.286. The topological polar surface area (TPSA) is 77.5 Å². The van der Waals surface area contributed by atoms with Crippen molar-refractivity contribution in [3.63, 3.8) is 0 Å². The zero-order chi connectivity index (χ0) is 14.5. The second kappa shape index (κ2) is 6.10. The molecule has 0 bridgehead atoms. The van der Waals surface area contributed by atoms with Gasteiger partial charge in [0.15, 0.2) is 5.75 Å². The lowest BCUT2D eigenvalue weighted by Crippen LogP contribution is -2.06. The van der Waals surface area contributed by atoms with Crippen LogP contribution in [-0.4, -0.2) is 11.5 Å². The highest BCUT2D eigenvalue weighted by atomic mass is 16.6. The summed E-state index contributed by atoms with van der Waals surface area (Å²) in [7, 11) is 0. The normalized spacial score (nSPS) is 11.9. The number of rotatable bonds is 6. The molecule has 6 nitrogen and oxygen atoms in total. The Morgan fingerprint density at radius 1 is 1.45 bits per heavy atom. The maximum Gasteiger partial charge on any atom is 0.311 e. The molecule has 1 aromatic carbocycles. The van der Waals surface area contributed by atoms with Gasteiger partial charge in [-0.2, -0.15) is 0 Å². The van der Waals surface area contributed by atoms with Crippen molar-refractivity contribution in [3.05, 3.63) is 52.5 Å². The van der Waals surface area contributed by atoms with E-state index in [9.17, 15) is 10.1 Å². The van der Waals surface area contributed by atoms with Crippen LogP contribution in [0.1, 0.15) is 25.6 Å². The summed E-state index contributed by atoms with van der Waals surface area (Å²) in [4.78, 5) is 10.5. The molecular formula is C14H16N2O4. The molecule has 1 atom stereocenters. The van der Waals surface area contributed by atoms with Crippen LogP contribution in [0.25, 0.3) is 0 Å². The lowest BCUT2D eigenvalue weighted by molar-refractivity contribution is -0.385. The van der Waals surface area contributed by atoms with E-state index in [1.165, 1.54) is 6.07 Å². The van der Waals surface area contributed by atoms with Crippen molar-refractivity contribution in [3.8, 4) is 5.75 Å². The van der Waals surface area contributed by atoms with Gasteiger partial charge in [0.05, 0.1) is 23.8 Å².